The highest BCUT2D eigenvalue weighted by atomic mass is 16.5. The lowest BCUT2D eigenvalue weighted by atomic mass is 9.94. The molecule has 2 aliphatic heterocycles. The van der Waals surface area contributed by atoms with Crippen molar-refractivity contribution in [2.45, 2.75) is 12.0 Å². The molecule has 0 aromatic carbocycles. The maximum atomic E-state index is 6.22. The van der Waals surface area contributed by atoms with E-state index in [4.69, 9.17) is 9.47 Å². The molecule has 2 fully saturated rings. The summed E-state index contributed by atoms with van der Waals surface area (Å²) in [6, 6.07) is 3.74. The lowest BCUT2D eigenvalue weighted by Gasteiger charge is -2.31. The van der Waals surface area contributed by atoms with Crippen LogP contribution in [0.5, 0.6) is 0 Å². The molecule has 132 valence electrons. The second-order valence-corrected chi connectivity index (χ2v) is 6.56. The molecule has 2 saturated heterocycles. The maximum Gasteiger partial charge on any atom is 0.222 e. The Bertz CT molecular complexity index is 673. The number of nitrogens with zero attached hydrogens (tertiary/aromatic N) is 5. The van der Waals surface area contributed by atoms with Crippen LogP contribution in [0.2, 0.25) is 0 Å². The van der Waals surface area contributed by atoms with Crippen LogP contribution in [0.4, 0.5) is 11.8 Å². The van der Waals surface area contributed by atoms with Gasteiger partial charge in [-0.3, -0.25) is 0 Å². The minimum absolute atomic E-state index is 0.286. The van der Waals surface area contributed by atoms with E-state index >= 15 is 0 Å². The fourth-order valence-electron chi connectivity index (χ4n) is 3.48. The highest BCUT2D eigenvalue weighted by Crippen LogP contribution is 2.33. The molecule has 0 radical (unpaired) electrons. The van der Waals surface area contributed by atoms with E-state index in [0.29, 0.717) is 31.7 Å². The average molecular weight is 342 g/mol. The Morgan fingerprint density at radius 1 is 1.24 bits per heavy atom. The fraction of sp³-hybridized carbons (Fsp3) is 0.529. The Hall–Kier alpha value is -2.32. The molecule has 0 aliphatic carbocycles. The third kappa shape index (κ3) is 3.85. The van der Waals surface area contributed by atoms with E-state index in [2.05, 4.69) is 30.2 Å². The van der Waals surface area contributed by atoms with Gasteiger partial charge in [0, 0.05) is 37.6 Å². The number of ether oxygens (including phenoxy) is 2. The first-order valence-electron chi connectivity index (χ1n) is 8.57. The van der Waals surface area contributed by atoms with Crippen molar-refractivity contribution in [3.63, 3.8) is 0 Å². The van der Waals surface area contributed by atoms with Crippen molar-refractivity contribution < 1.29 is 9.47 Å². The Morgan fingerprint density at radius 2 is 2.16 bits per heavy atom. The van der Waals surface area contributed by atoms with E-state index in [9.17, 15) is 0 Å². The Kier molecular flexibility index (Phi) is 4.71. The van der Waals surface area contributed by atoms with E-state index in [-0.39, 0.29) is 5.60 Å². The molecule has 4 heterocycles. The standard InChI is InChI=1S/C17H22N6O2/c1-3-19-16(20-4-1)21-9-14-8-17(25-10-14)11-23(6-7-24-12-17)15-2-5-18-13-22-15/h1-5,13-14H,6-12H2,(H,19,20,21). The Balaban J connectivity index is 1.39. The summed E-state index contributed by atoms with van der Waals surface area (Å²) in [6.07, 6.45) is 7.76. The van der Waals surface area contributed by atoms with Gasteiger partial charge in [-0.1, -0.05) is 0 Å². The summed E-state index contributed by atoms with van der Waals surface area (Å²) in [4.78, 5) is 19.0. The van der Waals surface area contributed by atoms with Gasteiger partial charge >= 0.3 is 0 Å². The van der Waals surface area contributed by atoms with Gasteiger partial charge in [0.25, 0.3) is 0 Å². The van der Waals surface area contributed by atoms with Crippen LogP contribution in [0.3, 0.4) is 0 Å². The first kappa shape index (κ1) is 16.2. The van der Waals surface area contributed by atoms with Gasteiger partial charge in [0.2, 0.25) is 5.95 Å². The summed E-state index contributed by atoms with van der Waals surface area (Å²) >= 11 is 0. The topological polar surface area (TPSA) is 85.3 Å². The smallest absolute Gasteiger partial charge is 0.222 e. The molecule has 2 aromatic rings. The van der Waals surface area contributed by atoms with Crippen LogP contribution in [0, 0.1) is 5.92 Å². The number of anilines is 2. The van der Waals surface area contributed by atoms with Crippen LogP contribution in [-0.4, -0.2) is 65.0 Å². The molecule has 2 aliphatic rings. The predicted molar refractivity (Wildman–Crippen MR) is 92.4 cm³/mol. The van der Waals surface area contributed by atoms with E-state index in [1.54, 1.807) is 24.9 Å². The van der Waals surface area contributed by atoms with Crippen molar-refractivity contribution in [3.05, 3.63) is 37.1 Å². The molecule has 2 atom stereocenters. The molecular formula is C17H22N6O2. The molecule has 8 heteroatoms. The molecule has 25 heavy (non-hydrogen) atoms. The lowest BCUT2D eigenvalue weighted by molar-refractivity contribution is -0.0457. The molecule has 0 saturated carbocycles. The van der Waals surface area contributed by atoms with Crippen LogP contribution >= 0.6 is 0 Å². The van der Waals surface area contributed by atoms with Crippen LogP contribution in [0.15, 0.2) is 37.1 Å². The van der Waals surface area contributed by atoms with E-state index < -0.39 is 0 Å². The molecule has 4 rings (SSSR count). The van der Waals surface area contributed by atoms with Crippen LogP contribution in [0.25, 0.3) is 0 Å². The fourth-order valence-corrected chi connectivity index (χ4v) is 3.48. The molecule has 1 spiro atoms. The van der Waals surface area contributed by atoms with Gasteiger partial charge in [-0.05, 0) is 18.6 Å². The summed E-state index contributed by atoms with van der Waals surface area (Å²) in [5.41, 5.74) is -0.286. The first-order chi connectivity index (χ1) is 12.3. The number of hydrogen-bond donors (Lipinski definition) is 1. The zero-order valence-electron chi connectivity index (χ0n) is 14.0. The maximum absolute atomic E-state index is 6.22. The third-order valence-corrected chi connectivity index (χ3v) is 4.64. The monoisotopic (exact) mass is 342 g/mol. The Morgan fingerprint density at radius 3 is 3.00 bits per heavy atom. The number of nitrogens with one attached hydrogen (secondary N) is 1. The summed E-state index contributed by atoms with van der Waals surface area (Å²) in [5, 5.41) is 3.29. The quantitative estimate of drug-likeness (QED) is 0.880. The van der Waals surface area contributed by atoms with Gasteiger partial charge in [-0.2, -0.15) is 0 Å². The normalized spacial score (nSPS) is 26.6. The summed E-state index contributed by atoms with van der Waals surface area (Å²) < 4.78 is 12.1. The van der Waals surface area contributed by atoms with E-state index in [1.807, 2.05) is 12.1 Å². The summed E-state index contributed by atoms with van der Waals surface area (Å²) in [7, 11) is 0. The van der Waals surface area contributed by atoms with Gasteiger partial charge < -0.3 is 19.7 Å². The van der Waals surface area contributed by atoms with Gasteiger partial charge in [-0.25, -0.2) is 19.9 Å². The minimum atomic E-state index is -0.286. The third-order valence-electron chi connectivity index (χ3n) is 4.64. The SMILES string of the molecule is c1cnc(NCC2COC3(COCCN(c4ccncn4)C3)C2)nc1. The van der Waals surface area contributed by atoms with Crippen molar-refractivity contribution in [1.29, 1.82) is 0 Å². The summed E-state index contributed by atoms with van der Waals surface area (Å²) in [5.74, 6) is 1.98. The van der Waals surface area contributed by atoms with Crippen LogP contribution < -0.4 is 10.2 Å². The molecule has 2 aromatic heterocycles. The summed E-state index contributed by atoms with van der Waals surface area (Å²) in [6.45, 7) is 4.38. The average Bonchev–Trinajstić information content (AvgIpc) is 2.94. The van der Waals surface area contributed by atoms with Gasteiger partial charge in [-0.15, -0.1) is 0 Å². The minimum Gasteiger partial charge on any atom is -0.377 e. The molecule has 0 amide bonds. The van der Waals surface area contributed by atoms with Crippen molar-refractivity contribution in [2.75, 3.05) is 49.7 Å². The second-order valence-electron chi connectivity index (χ2n) is 6.56. The van der Waals surface area contributed by atoms with E-state index in [0.717, 1.165) is 31.9 Å². The zero-order chi connectivity index (χ0) is 17.0. The van der Waals surface area contributed by atoms with Crippen molar-refractivity contribution in [1.82, 2.24) is 19.9 Å². The number of aromatic nitrogens is 4. The Labute approximate surface area is 146 Å². The molecule has 2 unspecified atom stereocenters. The molecule has 8 nitrogen and oxygen atoms in total. The van der Waals surface area contributed by atoms with Crippen LogP contribution in [-0.2, 0) is 9.47 Å². The molecular weight excluding hydrogens is 320 g/mol. The van der Waals surface area contributed by atoms with Gasteiger partial charge in [0.1, 0.15) is 17.7 Å². The lowest BCUT2D eigenvalue weighted by Crippen LogP contribution is -2.44. The predicted octanol–water partition coefficient (Wildman–Crippen LogP) is 0.991. The van der Waals surface area contributed by atoms with E-state index in [1.165, 1.54) is 0 Å². The van der Waals surface area contributed by atoms with Gasteiger partial charge in [0.05, 0.1) is 26.4 Å². The molecule has 1 N–H and O–H groups in total. The van der Waals surface area contributed by atoms with Gasteiger partial charge in [0.15, 0.2) is 0 Å². The second kappa shape index (κ2) is 7.28. The number of rotatable bonds is 4. The highest BCUT2D eigenvalue weighted by Gasteiger charge is 2.43. The zero-order valence-corrected chi connectivity index (χ0v) is 14.0. The van der Waals surface area contributed by atoms with Crippen molar-refractivity contribution >= 4 is 11.8 Å². The first-order valence-corrected chi connectivity index (χ1v) is 8.57. The highest BCUT2D eigenvalue weighted by molar-refractivity contribution is 5.37. The van der Waals surface area contributed by atoms with Crippen LogP contribution in [0.1, 0.15) is 6.42 Å². The van der Waals surface area contributed by atoms with Crippen molar-refractivity contribution in [3.8, 4) is 0 Å². The molecule has 0 bridgehead atoms. The van der Waals surface area contributed by atoms with Crippen molar-refractivity contribution in [2.24, 2.45) is 5.92 Å². The number of hydrogen-bond acceptors (Lipinski definition) is 8. The largest absolute Gasteiger partial charge is 0.377 e.